The molecule has 152 valence electrons. The highest BCUT2D eigenvalue weighted by Crippen LogP contribution is 2.40. The van der Waals surface area contributed by atoms with Crippen molar-refractivity contribution in [3.8, 4) is 0 Å². The first-order valence-corrected chi connectivity index (χ1v) is 9.62. The maximum Gasteiger partial charge on any atom is 0.410 e. The van der Waals surface area contributed by atoms with E-state index in [0.717, 1.165) is 5.56 Å². The minimum Gasteiger partial charge on any atom is -0.445 e. The lowest BCUT2D eigenvalue weighted by atomic mass is 9.84. The van der Waals surface area contributed by atoms with Crippen molar-refractivity contribution in [2.45, 2.75) is 44.4 Å². The Bertz CT molecular complexity index is 897. The molecule has 0 saturated carbocycles. The van der Waals surface area contributed by atoms with Crippen molar-refractivity contribution in [1.82, 2.24) is 4.90 Å². The van der Waals surface area contributed by atoms with Crippen LogP contribution in [0.4, 0.5) is 18.0 Å². The lowest BCUT2D eigenvalue weighted by Crippen LogP contribution is -2.48. The summed E-state index contributed by atoms with van der Waals surface area (Å²) in [6, 6.07) is 9.92. The van der Waals surface area contributed by atoms with Gasteiger partial charge < -0.3 is 9.64 Å². The first-order valence-electron chi connectivity index (χ1n) is 9.62. The molecular formula is C22H20F3NO3. The van der Waals surface area contributed by atoms with Crippen LogP contribution in [0.2, 0.25) is 0 Å². The second-order valence-corrected chi connectivity index (χ2v) is 7.61. The van der Waals surface area contributed by atoms with E-state index in [-0.39, 0.29) is 18.7 Å². The number of hydrogen-bond donors (Lipinski definition) is 0. The Morgan fingerprint density at radius 2 is 1.55 bits per heavy atom. The predicted molar refractivity (Wildman–Crippen MR) is 98.6 cm³/mol. The Kier molecular flexibility index (Phi) is 5.30. The number of rotatable bonds is 4. The van der Waals surface area contributed by atoms with Gasteiger partial charge in [-0.25, -0.2) is 18.0 Å². The molecule has 0 spiro atoms. The van der Waals surface area contributed by atoms with Crippen molar-refractivity contribution in [3.05, 3.63) is 71.0 Å². The second-order valence-electron chi connectivity index (χ2n) is 7.61. The molecule has 0 aliphatic carbocycles. The summed E-state index contributed by atoms with van der Waals surface area (Å²) in [7, 11) is 0. The van der Waals surface area contributed by atoms with Gasteiger partial charge in [0.15, 0.2) is 5.78 Å². The standard InChI is InChI=1S/C22H20F3NO3/c23-15-10-18(24)20(19(25)11-15)21(27)14-8-16-6-7-17(9-14)26(16)22(28)29-12-13-4-2-1-3-5-13/h1-5,10-11,14,16-17H,6-9,12H2. The third-order valence-corrected chi connectivity index (χ3v) is 5.77. The molecule has 2 heterocycles. The molecule has 29 heavy (non-hydrogen) atoms. The van der Waals surface area contributed by atoms with E-state index in [1.54, 1.807) is 4.90 Å². The molecule has 2 fully saturated rings. The van der Waals surface area contributed by atoms with Gasteiger partial charge in [-0.3, -0.25) is 4.79 Å². The van der Waals surface area contributed by atoms with Crippen LogP contribution in [0, 0.1) is 23.4 Å². The molecule has 1 amide bonds. The predicted octanol–water partition coefficient (Wildman–Crippen LogP) is 4.87. The van der Waals surface area contributed by atoms with Gasteiger partial charge in [-0.05, 0) is 31.2 Å². The summed E-state index contributed by atoms with van der Waals surface area (Å²) in [6.07, 6.45) is 1.61. The van der Waals surface area contributed by atoms with Crippen LogP contribution in [-0.4, -0.2) is 28.9 Å². The SMILES string of the molecule is O=C(c1c(F)cc(F)cc1F)C1CC2CCC(C1)N2C(=O)OCc1ccccc1. The Morgan fingerprint density at radius 1 is 0.966 bits per heavy atom. The van der Waals surface area contributed by atoms with Gasteiger partial charge in [0.05, 0.1) is 5.56 Å². The molecule has 2 bridgehead atoms. The van der Waals surface area contributed by atoms with Crippen LogP contribution in [-0.2, 0) is 11.3 Å². The molecule has 2 aliphatic heterocycles. The Hall–Kier alpha value is -2.83. The number of benzene rings is 2. The van der Waals surface area contributed by atoms with Gasteiger partial charge in [-0.1, -0.05) is 30.3 Å². The largest absolute Gasteiger partial charge is 0.445 e. The molecule has 2 aliphatic rings. The highest BCUT2D eigenvalue weighted by atomic mass is 19.1. The van der Waals surface area contributed by atoms with E-state index in [0.29, 0.717) is 37.8 Å². The zero-order valence-electron chi connectivity index (χ0n) is 15.6. The second kappa shape index (κ2) is 7.89. The van der Waals surface area contributed by atoms with Crippen LogP contribution in [0.1, 0.15) is 41.6 Å². The summed E-state index contributed by atoms with van der Waals surface area (Å²) < 4.78 is 46.6. The highest BCUT2D eigenvalue weighted by Gasteiger charge is 2.46. The Labute approximate surface area is 166 Å². The van der Waals surface area contributed by atoms with E-state index >= 15 is 0 Å². The fourth-order valence-corrected chi connectivity index (χ4v) is 4.46. The summed E-state index contributed by atoms with van der Waals surface area (Å²) in [5, 5.41) is 0. The summed E-state index contributed by atoms with van der Waals surface area (Å²) >= 11 is 0. The summed E-state index contributed by atoms with van der Waals surface area (Å²) in [4.78, 5) is 27.0. The number of carbonyl (C=O) groups is 2. The summed E-state index contributed by atoms with van der Waals surface area (Å²) in [5.41, 5.74) is 0.177. The van der Waals surface area contributed by atoms with E-state index in [2.05, 4.69) is 0 Å². The van der Waals surface area contributed by atoms with E-state index < -0.39 is 40.8 Å². The molecule has 4 rings (SSSR count). The molecule has 0 aromatic heterocycles. The molecule has 2 unspecified atom stereocenters. The molecule has 4 nitrogen and oxygen atoms in total. The van der Waals surface area contributed by atoms with Crippen molar-refractivity contribution < 1.29 is 27.5 Å². The number of ether oxygens (including phenoxy) is 1. The van der Waals surface area contributed by atoms with Gasteiger partial charge in [-0.2, -0.15) is 0 Å². The third kappa shape index (κ3) is 3.86. The normalized spacial score (nSPS) is 23.1. The van der Waals surface area contributed by atoms with Crippen LogP contribution in [0.15, 0.2) is 42.5 Å². The van der Waals surface area contributed by atoms with E-state index in [1.165, 1.54) is 0 Å². The number of amides is 1. The summed E-state index contributed by atoms with van der Waals surface area (Å²) in [5.74, 6) is -4.73. The molecule has 2 aromatic carbocycles. The van der Waals surface area contributed by atoms with Crippen LogP contribution >= 0.6 is 0 Å². The van der Waals surface area contributed by atoms with E-state index in [1.807, 2.05) is 30.3 Å². The molecule has 7 heteroatoms. The van der Waals surface area contributed by atoms with Crippen LogP contribution < -0.4 is 0 Å². The number of hydrogen-bond acceptors (Lipinski definition) is 3. The minimum atomic E-state index is -1.19. The smallest absolute Gasteiger partial charge is 0.410 e. The summed E-state index contributed by atoms with van der Waals surface area (Å²) in [6.45, 7) is 0.157. The van der Waals surface area contributed by atoms with Crippen molar-refractivity contribution >= 4 is 11.9 Å². The fraction of sp³-hybridized carbons (Fsp3) is 0.364. The van der Waals surface area contributed by atoms with Gasteiger partial charge in [0.25, 0.3) is 0 Å². The van der Waals surface area contributed by atoms with Gasteiger partial charge >= 0.3 is 6.09 Å². The molecular weight excluding hydrogens is 383 g/mol. The maximum absolute atomic E-state index is 14.0. The molecule has 2 atom stereocenters. The lowest BCUT2D eigenvalue weighted by molar-refractivity contribution is 0.0482. The van der Waals surface area contributed by atoms with Crippen molar-refractivity contribution in [3.63, 3.8) is 0 Å². The number of ketones is 1. The van der Waals surface area contributed by atoms with Crippen molar-refractivity contribution in [1.29, 1.82) is 0 Å². The number of carbonyl (C=O) groups excluding carboxylic acids is 2. The number of nitrogens with zero attached hydrogens (tertiary/aromatic N) is 1. The number of fused-ring (bicyclic) bond motifs is 2. The van der Waals surface area contributed by atoms with Crippen LogP contribution in [0.25, 0.3) is 0 Å². The van der Waals surface area contributed by atoms with E-state index in [4.69, 9.17) is 4.74 Å². The number of Topliss-reactive ketones (excluding diaryl/α,β-unsaturated/α-hetero) is 1. The average molecular weight is 403 g/mol. The van der Waals surface area contributed by atoms with E-state index in [9.17, 15) is 22.8 Å². The average Bonchev–Trinajstić information content (AvgIpc) is 2.95. The minimum absolute atomic E-state index is 0.157. The van der Waals surface area contributed by atoms with Gasteiger partial charge in [-0.15, -0.1) is 0 Å². The fourth-order valence-electron chi connectivity index (χ4n) is 4.46. The monoisotopic (exact) mass is 403 g/mol. The topological polar surface area (TPSA) is 46.6 Å². The maximum atomic E-state index is 14.0. The number of piperidine rings is 1. The van der Waals surface area contributed by atoms with Gasteiger partial charge in [0.1, 0.15) is 24.1 Å². The highest BCUT2D eigenvalue weighted by molar-refractivity contribution is 5.98. The zero-order chi connectivity index (χ0) is 20.5. The van der Waals surface area contributed by atoms with Crippen molar-refractivity contribution in [2.24, 2.45) is 5.92 Å². The first-order chi connectivity index (χ1) is 13.9. The lowest BCUT2D eigenvalue weighted by Gasteiger charge is -2.37. The molecule has 2 saturated heterocycles. The number of halogens is 3. The Balaban J connectivity index is 1.44. The van der Waals surface area contributed by atoms with Crippen molar-refractivity contribution in [2.75, 3.05) is 0 Å². The quantitative estimate of drug-likeness (QED) is 0.685. The van der Waals surface area contributed by atoms with Gasteiger partial charge in [0, 0.05) is 30.1 Å². The third-order valence-electron chi connectivity index (χ3n) is 5.77. The molecule has 2 aromatic rings. The first kappa shape index (κ1) is 19.5. The Morgan fingerprint density at radius 3 is 2.14 bits per heavy atom. The zero-order valence-corrected chi connectivity index (χ0v) is 15.6. The van der Waals surface area contributed by atoms with Crippen LogP contribution in [0.5, 0.6) is 0 Å². The molecule has 0 radical (unpaired) electrons. The van der Waals surface area contributed by atoms with Crippen LogP contribution in [0.3, 0.4) is 0 Å². The molecule has 0 N–H and O–H groups in total. The van der Waals surface area contributed by atoms with Gasteiger partial charge in [0.2, 0.25) is 0 Å².